The molecule has 1 amide bonds. The van der Waals surface area contributed by atoms with Crippen molar-refractivity contribution >= 4 is 11.4 Å². The van der Waals surface area contributed by atoms with Gasteiger partial charge in [-0.2, -0.15) is 0 Å². The Morgan fingerprint density at radius 3 is 3.13 bits per heavy atom. The third-order valence-electron chi connectivity index (χ3n) is 4.43. The van der Waals surface area contributed by atoms with Crippen LogP contribution in [0.3, 0.4) is 0 Å². The van der Waals surface area contributed by atoms with Gasteiger partial charge in [-0.25, -0.2) is 9.97 Å². The molecule has 1 atom stereocenters. The predicted octanol–water partition coefficient (Wildman–Crippen LogP) is 1.19. The van der Waals surface area contributed by atoms with Gasteiger partial charge in [0.2, 0.25) is 0 Å². The predicted molar refractivity (Wildman–Crippen MR) is 85.1 cm³/mol. The summed E-state index contributed by atoms with van der Waals surface area (Å²) >= 11 is 0. The second kappa shape index (κ2) is 5.51. The van der Waals surface area contributed by atoms with Gasteiger partial charge in [0, 0.05) is 43.8 Å². The molecule has 0 unspecified atom stereocenters. The van der Waals surface area contributed by atoms with E-state index in [1.54, 1.807) is 18.7 Å². The second-order valence-electron chi connectivity index (χ2n) is 5.86. The van der Waals surface area contributed by atoms with Crippen LogP contribution in [-0.2, 0) is 0 Å². The van der Waals surface area contributed by atoms with Crippen molar-refractivity contribution in [3.8, 4) is 0 Å². The number of H-pyrrole nitrogens is 1. The van der Waals surface area contributed by atoms with E-state index < -0.39 is 0 Å². The van der Waals surface area contributed by atoms with E-state index in [9.17, 15) is 4.79 Å². The van der Waals surface area contributed by atoms with Crippen LogP contribution in [0.25, 0.3) is 5.52 Å². The molecule has 0 saturated carbocycles. The monoisotopic (exact) mass is 310 g/mol. The summed E-state index contributed by atoms with van der Waals surface area (Å²) < 4.78 is 1.90. The lowest BCUT2D eigenvalue weighted by Gasteiger charge is -2.38. The van der Waals surface area contributed by atoms with Crippen molar-refractivity contribution in [1.82, 2.24) is 29.2 Å². The summed E-state index contributed by atoms with van der Waals surface area (Å²) in [5.74, 6) is 0.953. The second-order valence-corrected chi connectivity index (χ2v) is 5.86. The van der Waals surface area contributed by atoms with Crippen molar-refractivity contribution in [3.05, 3.63) is 54.6 Å². The summed E-state index contributed by atoms with van der Waals surface area (Å²) in [5, 5.41) is 0. The van der Waals surface area contributed by atoms with E-state index in [-0.39, 0.29) is 11.9 Å². The topological polar surface area (TPSA) is 69.5 Å². The van der Waals surface area contributed by atoms with Gasteiger partial charge in [0.1, 0.15) is 5.82 Å². The quantitative estimate of drug-likeness (QED) is 0.772. The van der Waals surface area contributed by atoms with E-state index in [1.165, 1.54) is 0 Å². The number of carbonyl (C=O) groups excluding carboxylic acids is 1. The number of carbonyl (C=O) groups is 1. The number of pyridine rings is 1. The van der Waals surface area contributed by atoms with Crippen LogP contribution in [0, 0.1) is 0 Å². The number of aromatic nitrogens is 4. The molecule has 0 bridgehead atoms. The lowest BCUT2D eigenvalue weighted by Crippen LogP contribution is -2.49. The zero-order valence-corrected chi connectivity index (χ0v) is 12.9. The molecule has 0 aliphatic carbocycles. The molecule has 118 valence electrons. The summed E-state index contributed by atoms with van der Waals surface area (Å²) in [6.07, 6.45) is 8.92. The van der Waals surface area contributed by atoms with Crippen molar-refractivity contribution < 1.29 is 4.79 Å². The van der Waals surface area contributed by atoms with E-state index in [0.717, 1.165) is 24.4 Å². The minimum absolute atomic E-state index is 0.0540. The highest BCUT2D eigenvalue weighted by atomic mass is 16.2. The Morgan fingerprint density at radius 2 is 2.30 bits per heavy atom. The van der Waals surface area contributed by atoms with E-state index in [1.807, 2.05) is 33.8 Å². The number of aromatic amines is 1. The number of hydrogen-bond donors (Lipinski definition) is 1. The van der Waals surface area contributed by atoms with Gasteiger partial charge >= 0.3 is 0 Å². The third kappa shape index (κ3) is 2.49. The Bertz CT molecular complexity index is 824. The minimum Gasteiger partial charge on any atom is -0.347 e. The number of amides is 1. The van der Waals surface area contributed by atoms with Gasteiger partial charge in [-0.05, 0) is 19.2 Å². The fraction of sp³-hybridized carbons (Fsp3) is 0.312. The molecule has 4 rings (SSSR count). The zero-order chi connectivity index (χ0) is 15.8. The average molecular weight is 310 g/mol. The Labute approximate surface area is 133 Å². The standard InChI is InChI=1S/C16H18N6O/c1-20-6-7-21(10-14(20)15-18-3-4-19-15)16(23)12-2-5-22-11-17-9-13(22)8-12/h2-5,8-9,11,14H,6-7,10H2,1H3,(H,18,19)/t14-/m1/s1. The molecule has 0 radical (unpaired) electrons. The van der Waals surface area contributed by atoms with Crippen molar-refractivity contribution in [2.75, 3.05) is 26.7 Å². The number of rotatable bonds is 2. The first kappa shape index (κ1) is 14.0. The number of nitrogens with one attached hydrogen (secondary N) is 1. The highest BCUT2D eigenvalue weighted by Gasteiger charge is 2.30. The Kier molecular flexibility index (Phi) is 3.34. The van der Waals surface area contributed by atoms with Gasteiger partial charge in [0.15, 0.2) is 0 Å². The third-order valence-corrected chi connectivity index (χ3v) is 4.43. The molecule has 1 aliphatic rings. The Hall–Kier alpha value is -2.67. The number of hydrogen-bond acceptors (Lipinski definition) is 4. The largest absolute Gasteiger partial charge is 0.347 e. The van der Waals surface area contributed by atoms with Gasteiger partial charge in [-0.1, -0.05) is 0 Å². The van der Waals surface area contributed by atoms with E-state index in [0.29, 0.717) is 12.1 Å². The molecule has 0 spiro atoms. The molecule has 3 aromatic heterocycles. The number of piperazine rings is 1. The normalized spacial score (nSPS) is 19.3. The molecule has 23 heavy (non-hydrogen) atoms. The van der Waals surface area contributed by atoms with Crippen molar-refractivity contribution in [1.29, 1.82) is 0 Å². The molecule has 4 heterocycles. The van der Waals surface area contributed by atoms with Crippen LogP contribution in [0.1, 0.15) is 22.2 Å². The highest BCUT2D eigenvalue weighted by Crippen LogP contribution is 2.22. The summed E-state index contributed by atoms with van der Waals surface area (Å²) in [4.78, 5) is 28.5. The molecule has 1 N–H and O–H groups in total. The first-order chi connectivity index (χ1) is 11.2. The van der Waals surface area contributed by atoms with Gasteiger partial charge < -0.3 is 14.3 Å². The zero-order valence-electron chi connectivity index (χ0n) is 12.9. The summed E-state index contributed by atoms with van der Waals surface area (Å²) in [5.41, 5.74) is 1.62. The lowest BCUT2D eigenvalue weighted by atomic mass is 10.1. The number of likely N-dealkylation sites (N-methyl/N-ethyl adjacent to an activating group) is 1. The molecule has 0 aromatic carbocycles. The van der Waals surface area contributed by atoms with Crippen molar-refractivity contribution in [2.45, 2.75) is 6.04 Å². The van der Waals surface area contributed by atoms with Gasteiger partial charge in [0.05, 0.1) is 24.1 Å². The molecule has 7 heteroatoms. The van der Waals surface area contributed by atoms with Crippen LogP contribution in [0.4, 0.5) is 0 Å². The molecular weight excluding hydrogens is 292 g/mol. The number of imidazole rings is 2. The van der Waals surface area contributed by atoms with E-state index in [2.05, 4.69) is 26.9 Å². The van der Waals surface area contributed by atoms with Crippen LogP contribution in [0.5, 0.6) is 0 Å². The van der Waals surface area contributed by atoms with Gasteiger partial charge in [0.25, 0.3) is 5.91 Å². The summed E-state index contributed by atoms with van der Waals surface area (Å²) in [6, 6.07) is 3.83. The Morgan fingerprint density at radius 1 is 1.39 bits per heavy atom. The minimum atomic E-state index is 0.0540. The fourth-order valence-corrected chi connectivity index (χ4v) is 3.05. The molecular formula is C16H18N6O. The summed E-state index contributed by atoms with van der Waals surface area (Å²) in [6.45, 7) is 2.18. The Balaban J connectivity index is 1.58. The highest BCUT2D eigenvalue weighted by molar-refractivity contribution is 5.95. The first-order valence-electron chi connectivity index (χ1n) is 7.63. The van der Waals surface area contributed by atoms with Crippen molar-refractivity contribution in [3.63, 3.8) is 0 Å². The van der Waals surface area contributed by atoms with Crippen LogP contribution < -0.4 is 0 Å². The summed E-state index contributed by atoms with van der Waals surface area (Å²) in [7, 11) is 2.06. The number of nitrogens with zero attached hydrogens (tertiary/aromatic N) is 5. The van der Waals surface area contributed by atoms with Gasteiger partial charge in [-0.3, -0.25) is 9.69 Å². The van der Waals surface area contributed by atoms with E-state index >= 15 is 0 Å². The smallest absolute Gasteiger partial charge is 0.254 e. The molecule has 1 fully saturated rings. The molecule has 1 aliphatic heterocycles. The van der Waals surface area contributed by atoms with Crippen molar-refractivity contribution in [2.24, 2.45) is 0 Å². The van der Waals surface area contributed by atoms with Crippen LogP contribution >= 0.6 is 0 Å². The molecule has 7 nitrogen and oxygen atoms in total. The average Bonchev–Trinajstić information content (AvgIpc) is 3.25. The maximum Gasteiger partial charge on any atom is 0.254 e. The molecule has 3 aromatic rings. The van der Waals surface area contributed by atoms with Gasteiger partial charge in [-0.15, -0.1) is 0 Å². The lowest BCUT2D eigenvalue weighted by molar-refractivity contribution is 0.0534. The SMILES string of the molecule is CN1CCN(C(=O)c2ccn3cncc3c2)C[C@@H]1c1ncc[nH]1. The van der Waals surface area contributed by atoms with Crippen LogP contribution in [-0.4, -0.2) is 61.7 Å². The molecule has 1 saturated heterocycles. The van der Waals surface area contributed by atoms with E-state index in [4.69, 9.17) is 0 Å². The number of fused-ring (bicyclic) bond motifs is 1. The maximum atomic E-state index is 12.8. The van der Waals surface area contributed by atoms with Crippen LogP contribution in [0.15, 0.2) is 43.2 Å². The van der Waals surface area contributed by atoms with Crippen LogP contribution in [0.2, 0.25) is 0 Å². The fourth-order valence-electron chi connectivity index (χ4n) is 3.05. The first-order valence-corrected chi connectivity index (χ1v) is 7.63. The maximum absolute atomic E-state index is 12.8.